The Bertz CT molecular complexity index is 1790. The Labute approximate surface area is 280 Å². The average molecular weight is 656 g/mol. The number of hydrogen-bond acceptors (Lipinski definition) is 8. The van der Waals surface area contributed by atoms with E-state index in [0.717, 1.165) is 45.7 Å². The number of fused-ring (bicyclic) bond motifs is 1. The van der Waals surface area contributed by atoms with Crippen molar-refractivity contribution in [1.82, 2.24) is 14.5 Å². The molecule has 5 aromatic rings. The molecular weight excluding hydrogens is 614 g/mol. The number of aliphatic hydroxyl groups excluding tert-OH is 1. The van der Waals surface area contributed by atoms with Gasteiger partial charge in [-0.15, -0.1) is 11.6 Å². The monoisotopic (exact) mass is 655 g/mol. The number of pyridine rings is 1. The summed E-state index contributed by atoms with van der Waals surface area (Å²) in [4.78, 5) is 26.2. The van der Waals surface area contributed by atoms with Crippen LogP contribution in [-0.4, -0.2) is 46.5 Å². The predicted molar refractivity (Wildman–Crippen MR) is 189 cm³/mol. The fraction of sp³-hybridized carbons (Fsp3) is 0.324. The Morgan fingerprint density at radius 3 is 2.06 bits per heavy atom. The molecule has 3 aromatic carbocycles. The minimum Gasteiger partial charge on any atom is -0.497 e. The van der Waals surface area contributed by atoms with E-state index < -0.39 is 0 Å². The Hall–Kier alpha value is -4.60. The van der Waals surface area contributed by atoms with Gasteiger partial charge in [0.05, 0.1) is 38.9 Å². The molecule has 0 aliphatic carbocycles. The number of aryl methyl sites for hydroxylation is 1. The number of aliphatic hydroxyl groups is 1. The van der Waals surface area contributed by atoms with Gasteiger partial charge >= 0.3 is 0 Å². The highest BCUT2D eigenvalue weighted by atomic mass is 35.5. The largest absolute Gasteiger partial charge is 0.497 e. The molecule has 0 fully saturated rings. The van der Waals surface area contributed by atoms with Crippen LogP contribution in [0.3, 0.4) is 0 Å². The summed E-state index contributed by atoms with van der Waals surface area (Å²) in [7, 11) is 3.29. The number of nitrogens with zero attached hydrogens (tertiary/aromatic N) is 4. The zero-order chi connectivity index (χ0) is 33.3. The first kappa shape index (κ1) is 33.8. The van der Waals surface area contributed by atoms with Gasteiger partial charge in [-0.05, 0) is 71.5 Å². The van der Waals surface area contributed by atoms with Crippen molar-refractivity contribution in [1.29, 1.82) is 0 Å². The molecule has 47 heavy (non-hydrogen) atoms. The van der Waals surface area contributed by atoms with Crippen molar-refractivity contribution in [3.8, 4) is 11.5 Å². The number of anilines is 2. The van der Waals surface area contributed by atoms with Crippen molar-refractivity contribution in [2.75, 3.05) is 31.0 Å². The van der Waals surface area contributed by atoms with Crippen LogP contribution in [-0.2, 0) is 25.5 Å². The lowest BCUT2D eigenvalue weighted by atomic mass is 10.1. The van der Waals surface area contributed by atoms with E-state index in [4.69, 9.17) is 31.0 Å². The number of methoxy groups -OCH3 is 2. The van der Waals surface area contributed by atoms with Gasteiger partial charge in [-0.1, -0.05) is 55.8 Å². The average Bonchev–Trinajstić information content (AvgIpc) is 3.10. The summed E-state index contributed by atoms with van der Waals surface area (Å²) in [6.45, 7) is 5.40. The molecule has 246 valence electrons. The normalized spacial score (nSPS) is 11.8. The third-order valence-corrected chi connectivity index (χ3v) is 8.57. The van der Waals surface area contributed by atoms with E-state index in [1.165, 1.54) is 0 Å². The molecule has 0 saturated carbocycles. The van der Waals surface area contributed by atoms with Crippen LogP contribution in [0.25, 0.3) is 10.9 Å². The van der Waals surface area contributed by atoms with Crippen molar-refractivity contribution in [3.05, 3.63) is 117 Å². The topological polar surface area (TPSA) is 102 Å². The lowest BCUT2D eigenvalue weighted by Gasteiger charge is -2.25. The standard InChI is InChI=1S/C37H42ClN5O4/c1-5-6-30(24-44)39-35-34-33(17-18-42(36(34)45)23-29-12-7-28(20-38)19-25(29)2)40-37(41-35)43(21-26-8-13-31(46-3)14-9-26)22-27-10-15-32(47-4)16-11-27/h7-19,30,44H,5-6,20-24H2,1-4H3,(H,39,40,41)/t30-/m0/s1. The summed E-state index contributed by atoms with van der Waals surface area (Å²) in [5.74, 6) is 2.85. The minimum absolute atomic E-state index is 0.0940. The molecule has 10 heteroatoms. The van der Waals surface area contributed by atoms with Gasteiger partial charge in [0.25, 0.3) is 5.56 Å². The number of hydrogen-bond donors (Lipinski definition) is 2. The summed E-state index contributed by atoms with van der Waals surface area (Å²) in [5, 5.41) is 14.0. The lowest BCUT2D eigenvalue weighted by Crippen LogP contribution is -2.29. The Morgan fingerprint density at radius 2 is 1.53 bits per heavy atom. The van der Waals surface area contributed by atoms with Crippen LogP contribution in [0.1, 0.15) is 47.6 Å². The van der Waals surface area contributed by atoms with Gasteiger partial charge in [0.15, 0.2) is 0 Å². The molecular formula is C37H42ClN5O4. The highest BCUT2D eigenvalue weighted by molar-refractivity contribution is 6.17. The highest BCUT2D eigenvalue weighted by Crippen LogP contribution is 2.26. The van der Waals surface area contributed by atoms with Gasteiger partial charge in [0, 0.05) is 25.2 Å². The molecule has 0 radical (unpaired) electrons. The van der Waals surface area contributed by atoms with E-state index >= 15 is 0 Å². The minimum atomic E-state index is -0.277. The molecule has 0 unspecified atom stereocenters. The Morgan fingerprint density at radius 1 is 0.915 bits per heavy atom. The van der Waals surface area contributed by atoms with Crippen LogP contribution in [0, 0.1) is 6.92 Å². The Kier molecular flexibility index (Phi) is 11.3. The number of benzene rings is 3. The van der Waals surface area contributed by atoms with Gasteiger partial charge < -0.3 is 29.4 Å². The van der Waals surface area contributed by atoms with Gasteiger partial charge in [0.2, 0.25) is 5.95 Å². The molecule has 2 aromatic heterocycles. The van der Waals surface area contributed by atoms with Gasteiger partial charge in [-0.2, -0.15) is 4.98 Å². The molecule has 0 aliphatic heterocycles. The fourth-order valence-corrected chi connectivity index (χ4v) is 5.76. The molecule has 2 N–H and O–H groups in total. The third-order valence-electron chi connectivity index (χ3n) is 8.26. The number of aromatic nitrogens is 3. The maximum atomic E-state index is 14.1. The van der Waals surface area contributed by atoms with Crippen LogP contribution >= 0.6 is 11.6 Å². The number of halogens is 1. The first-order valence-corrected chi connectivity index (χ1v) is 16.3. The molecule has 0 spiro atoms. The molecule has 9 nitrogen and oxygen atoms in total. The molecule has 0 amide bonds. The second kappa shape index (κ2) is 15.8. The quantitative estimate of drug-likeness (QED) is 0.120. The van der Waals surface area contributed by atoms with Gasteiger partial charge in [0.1, 0.15) is 22.7 Å². The van der Waals surface area contributed by atoms with E-state index in [9.17, 15) is 9.90 Å². The molecule has 0 saturated heterocycles. The zero-order valence-electron chi connectivity index (χ0n) is 27.4. The van der Waals surface area contributed by atoms with E-state index in [1.54, 1.807) is 25.0 Å². The Balaban J connectivity index is 1.60. The predicted octanol–water partition coefficient (Wildman–Crippen LogP) is 6.68. The molecule has 5 rings (SSSR count). The summed E-state index contributed by atoms with van der Waals surface area (Å²) in [6.07, 6.45) is 3.36. The first-order valence-electron chi connectivity index (χ1n) is 15.8. The fourth-order valence-electron chi connectivity index (χ4n) is 5.59. The number of alkyl halides is 1. The lowest BCUT2D eigenvalue weighted by molar-refractivity contribution is 0.268. The zero-order valence-corrected chi connectivity index (χ0v) is 28.1. The van der Waals surface area contributed by atoms with Crippen LogP contribution < -0.4 is 25.2 Å². The van der Waals surface area contributed by atoms with E-state index in [2.05, 4.69) is 17.1 Å². The molecule has 2 heterocycles. The maximum absolute atomic E-state index is 14.1. The third kappa shape index (κ3) is 8.22. The second-order valence-corrected chi connectivity index (χ2v) is 11.9. The molecule has 1 atom stereocenters. The summed E-state index contributed by atoms with van der Waals surface area (Å²) in [5.41, 5.74) is 5.53. The van der Waals surface area contributed by atoms with Crippen LogP contribution in [0.5, 0.6) is 11.5 Å². The van der Waals surface area contributed by atoms with Crippen molar-refractivity contribution >= 4 is 34.3 Å². The summed E-state index contributed by atoms with van der Waals surface area (Å²) in [6, 6.07) is 23.4. The van der Waals surface area contributed by atoms with E-state index in [0.29, 0.717) is 54.6 Å². The highest BCUT2D eigenvalue weighted by Gasteiger charge is 2.20. The van der Waals surface area contributed by atoms with E-state index in [1.807, 2.05) is 79.7 Å². The molecule has 0 aliphatic rings. The van der Waals surface area contributed by atoms with Gasteiger partial charge in [-0.25, -0.2) is 4.98 Å². The van der Waals surface area contributed by atoms with Crippen molar-refractivity contribution in [2.45, 2.75) is 58.2 Å². The second-order valence-electron chi connectivity index (χ2n) is 11.6. The van der Waals surface area contributed by atoms with Crippen molar-refractivity contribution in [2.24, 2.45) is 0 Å². The molecule has 0 bridgehead atoms. The summed E-state index contributed by atoms with van der Waals surface area (Å²) >= 11 is 6.04. The van der Waals surface area contributed by atoms with Crippen LogP contribution in [0.4, 0.5) is 11.8 Å². The van der Waals surface area contributed by atoms with Crippen molar-refractivity contribution < 1.29 is 14.6 Å². The van der Waals surface area contributed by atoms with Crippen LogP contribution in [0.15, 0.2) is 83.8 Å². The van der Waals surface area contributed by atoms with Gasteiger partial charge in [-0.3, -0.25) is 4.79 Å². The van der Waals surface area contributed by atoms with E-state index in [-0.39, 0.29) is 18.2 Å². The summed E-state index contributed by atoms with van der Waals surface area (Å²) < 4.78 is 12.4. The van der Waals surface area contributed by atoms with Crippen molar-refractivity contribution in [3.63, 3.8) is 0 Å². The van der Waals surface area contributed by atoms with Crippen LogP contribution in [0.2, 0.25) is 0 Å². The maximum Gasteiger partial charge on any atom is 0.264 e. The smallest absolute Gasteiger partial charge is 0.264 e. The number of rotatable bonds is 15. The number of nitrogens with one attached hydrogen (secondary N) is 1. The first-order chi connectivity index (χ1) is 22.8. The number of ether oxygens (including phenoxy) is 2. The SMILES string of the molecule is CCC[C@@H](CO)Nc1nc(N(Cc2ccc(OC)cc2)Cc2ccc(OC)cc2)nc2ccn(Cc3ccc(CCl)cc3C)c(=O)c12.